The molecule has 28 heavy (non-hydrogen) atoms. The third-order valence-corrected chi connectivity index (χ3v) is 4.99. The van der Waals surface area contributed by atoms with Crippen LogP contribution in [0.4, 0.5) is 25.0 Å². The van der Waals surface area contributed by atoms with Gasteiger partial charge in [0.2, 0.25) is 0 Å². The highest BCUT2D eigenvalue weighted by molar-refractivity contribution is 6.33. The van der Waals surface area contributed by atoms with E-state index in [1.165, 1.54) is 12.5 Å². The number of benzene rings is 2. The van der Waals surface area contributed by atoms with Gasteiger partial charge in [-0.1, -0.05) is 17.7 Å². The third kappa shape index (κ3) is 5.11. The van der Waals surface area contributed by atoms with Gasteiger partial charge in [0.05, 0.1) is 16.8 Å². The minimum absolute atomic E-state index is 0.156. The average Bonchev–Trinajstić information content (AvgIpc) is 2.69. The Bertz CT molecular complexity index is 844. The minimum atomic E-state index is -1.16. The van der Waals surface area contributed by atoms with Gasteiger partial charge in [-0.2, -0.15) is 0 Å². The molecule has 1 aliphatic heterocycles. The Kier molecular flexibility index (Phi) is 6.70. The summed E-state index contributed by atoms with van der Waals surface area (Å²) >= 11 is 6.36. The van der Waals surface area contributed by atoms with Crippen molar-refractivity contribution in [1.29, 1.82) is 0 Å². The molecular formula is C20H22ClF2N3O2. The van der Waals surface area contributed by atoms with Crippen LogP contribution in [0.5, 0.6) is 0 Å². The van der Waals surface area contributed by atoms with Crippen LogP contribution in [0.3, 0.4) is 0 Å². The summed E-state index contributed by atoms with van der Waals surface area (Å²) in [7, 11) is 0. The maximum atomic E-state index is 13.2. The smallest absolute Gasteiger partial charge is 0.319 e. The van der Waals surface area contributed by atoms with E-state index in [9.17, 15) is 18.7 Å². The van der Waals surface area contributed by atoms with Gasteiger partial charge in [0.15, 0.2) is 11.6 Å². The summed E-state index contributed by atoms with van der Waals surface area (Å²) in [5.41, 5.74) is 1.64. The quantitative estimate of drug-likeness (QED) is 0.683. The largest absolute Gasteiger partial charge is 0.387 e. The maximum Gasteiger partial charge on any atom is 0.319 e. The standard InChI is InChI=1S/C20H22ClF2N3O2/c21-15-11-14(5-7-18(15)26-8-2-1-3-9-26)25-20(28)24-12-19(27)13-4-6-16(22)17(23)10-13/h4-7,10-11,19,27H,1-3,8-9,12H2,(H2,24,25,28). The third-order valence-electron chi connectivity index (χ3n) is 4.69. The monoisotopic (exact) mass is 409 g/mol. The molecule has 3 N–H and O–H groups in total. The van der Waals surface area contributed by atoms with E-state index in [4.69, 9.17) is 11.6 Å². The number of hydrogen-bond donors (Lipinski definition) is 3. The van der Waals surface area contributed by atoms with Gasteiger partial charge in [0.1, 0.15) is 0 Å². The Morgan fingerprint density at radius 2 is 1.86 bits per heavy atom. The lowest BCUT2D eigenvalue weighted by Gasteiger charge is -2.29. The molecule has 1 unspecified atom stereocenters. The number of anilines is 2. The predicted octanol–water partition coefficient (Wildman–Crippen LogP) is 4.46. The summed E-state index contributed by atoms with van der Waals surface area (Å²) < 4.78 is 26.2. The van der Waals surface area contributed by atoms with E-state index >= 15 is 0 Å². The van der Waals surface area contributed by atoms with Crippen molar-refractivity contribution in [3.63, 3.8) is 0 Å². The van der Waals surface area contributed by atoms with E-state index in [-0.39, 0.29) is 12.1 Å². The molecule has 1 atom stereocenters. The highest BCUT2D eigenvalue weighted by Crippen LogP contribution is 2.30. The molecule has 1 aliphatic rings. The van der Waals surface area contributed by atoms with Crippen LogP contribution in [-0.4, -0.2) is 30.8 Å². The van der Waals surface area contributed by atoms with Gasteiger partial charge in [0.25, 0.3) is 0 Å². The zero-order valence-corrected chi connectivity index (χ0v) is 16.0. The first-order valence-corrected chi connectivity index (χ1v) is 9.54. The summed E-state index contributed by atoms with van der Waals surface area (Å²) in [6.45, 7) is 1.78. The molecule has 0 aromatic heterocycles. The van der Waals surface area contributed by atoms with E-state index in [1.807, 2.05) is 6.07 Å². The van der Waals surface area contributed by atoms with E-state index in [0.717, 1.165) is 43.8 Å². The van der Waals surface area contributed by atoms with Gasteiger partial charge >= 0.3 is 6.03 Å². The second-order valence-corrected chi connectivity index (χ2v) is 7.15. The summed E-state index contributed by atoms with van der Waals surface area (Å²) in [5, 5.41) is 15.7. The first-order chi connectivity index (χ1) is 13.4. The molecule has 2 aromatic rings. The van der Waals surface area contributed by atoms with Crippen LogP contribution < -0.4 is 15.5 Å². The molecular weight excluding hydrogens is 388 g/mol. The van der Waals surface area contributed by atoms with Crippen molar-refractivity contribution in [2.24, 2.45) is 0 Å². The Morgan fingerprint density at radius 3 is 2.54 bits per heavy atom. The highest BCUT2D eigenvalue weighted by atomic mass is 35.5. The summed E-state index contributed by atoms with van der Waals surface area (Å²) in [5.74, 6) is -2.05. The van der Waals surface area contributed by atoms with E-state index in [1.54, 1.807) is 12.1 Å². The zero-order chi connectivity index (χ0) is 20.1. The molecule has 0 aliphatic carbocycles. The molecule has 8 heteroatoms. The lowest BCUT2D eigenvalue weighted by atomic mass is 10.1. The fraction of sp³-hybridized carbons (Fsp3) is 0.350. The van der Waals surface area contributed by atoms with Crippen molar-refractivity contribution < 1.29 is 18.7 Å². The van der Waals surface area contributed by atoms with Crippen LogP contribution >= 0.6 is 11.6 Å². The molecule has 3 rings (SSSR count). The van der Waals surface area contributed by atoms with Crippen molar-refractivity contribution in [3.8, 4) is 0 Å². The van der Waals surface area contributed by atoms with Gasteiger partial charge in [-0.15, -0.1) is 0 Å². The van der Waals surface area contributed by atoms with Crippen molar-refractivity contribution in [1.82, 2.24) is 5.32 Å². The number of amides is 2. The van der Waals surface area contributed by atoms with Gasteiger partial charge in [0, 0.05) is 25.3 Å². The lowest BCUT2D eigenvalue weighted by Crippen LogP contribution is -2.32. The Hall–Kier alpha value is -2.38. The summed E-state index contributed by atoms with van der Waals surface area (Å²) in [4.78, 5) is 14.3. The van der Waals surface area contributed by atoms with Gasteiger partial charge in [-0.25, -0.2) is 13.6 Å². The maximum absolute atomic E-state index is 13.2. The van der Waals surface area contributed by atoms with Gasteiger partial charge in [-0.3, -0.25) is 0 Å². The number of piperidine rings is 1. The fourth-order valence-corrected chi connectivity index (χ4v) is 3.48. The molecule has 2 aromatic carbocycles. The minimum Gasteiger partial charge on any atom is -0.387 e. The van der Waals surface area contributed by atoms with Crippen LogP contribution in [-0.2, 0) is 0 Å². The normalized spacial score (nSPS) is 15.2. The second-order valence-electron chi connectivity index (χ2n) is 6.74. The number of urea groups is 1. The number of aliphatic hydroxyl groups is 1. The first-order valence-electron chi connectivity index (χ1n) is 9.16. The Labute approximate surface area is 167 Å². The zero-order valence-electron chi connectivity index (χ0n) is 15.2. The number of nitrogens with zero attached hydrogens (tertiary/aromatic N) is 1. The van der Waals surface area contributed by atoms with E-state index in [0.29, 0.717) is 10.7 Å². The van der Waals surface area contributed by atoms with Crippen molar-refractivity contribution in [2.45, 2.75) is 25.4 Å². The number of rotatable bonds is 5. The Balaban J connectivity index is 1.54. The van der Waals surface area contributed by atoms with E-state index in [2.05, 4.69) is 15.5 Å². The molecule has 1 heterocycles. The lowest BCUT2D eigenvalue weighted by molar-refractivity contribution is 0.174. The summed E-state index contributed by atoms with van der Waals surface area (Å²) in [6, 6.07) is 7.88. The fourth-order valence-electron chi connectivity index (χ4n) is 3.18. The molecule has 0 saturated carbocycles. The van der Waals surface area contributed by atoms with Crippen LogP contribution in [0.15, 0.2) is 36.4 Å². The molecule has 1 fully saturated rings. The van der Waals surface area contributed by atoms with E-state index < -0.39 is 23.8 Å². The van der Waals surface area contributed by atoms with Crippen molar-refractivity contribution in [3.05, 3.63) is 58.6 Å². The second kappa shape index (κ2) is 9.21. The average molecular weight is 410 g/mol. The number of aliphatic hydroxyl groups excluding tert-OH is 1. The molecule has 0 bridgehead atoms. The molecule has 5 nitrogen and oxygen atoms in total. The SMILES string of the molecule is O=C(NCC(O)c1ccc(F)c(F)c1)Nc1ccc(N2CCCCC2)c(Cl)c1. The highest BCUT2D eigenvalue weighted by Gasteiger charge is 2.15. The van der Waals surface area contributed by atoms with Crippen LogP contribution in [0, 0.1) is 11.6 Å². The number of nitrogens with one attached hydrogen (secondary N) is 2. The van der Waals surface area contributed by atoms with Crippen molar-refractivity contribution >= 4 is 29.0 Å². The van der Waals surface area contributed by atoms with Crippen LogP contribution in [0.1, 0.15) is 30.9 Å². The molecule has 2 amide bonds. The number of carbonyl (C=O) groups is 1. The number of hydrogen-bond acceptors (Lipinski definition) is 3. The molecule has 0 radical (unpaired) electrons. The Morgan fingerprint density at radius 1 is 1.11 bits per heavy atom. The van der Waals surface area contributed by atoms with Gasteiger partial charge < -0.3 is 20.6 Å². The number of halogens is 3. The van der Waals surface area contributed by atoms with Crippen LogP contribution in [0.2, 0.25) is 5.02 Å². The molecule has 1 saturated heterocycles. The summed E-state index contributed by atoms with van der Waals surface area (Å²) in [6.07, 6.45) is 2.34. The van der Waals surface area contributed by atoms with Crippen LogP contribution in [0.25, 0.3) is 0 Å². The first kappa shape index (κ1) is 20.4. The topological polar surface area (TPSA) is 64.6 Å². The molecule has 0 spiro atoms. The van der Waals surface area contributed by atoms with Gasteiger partial charge in [-0.05, 0) is 55.2 Å². The predicted molar refractivity (Wildman–Crippen MR) is 106 cm³/mol. The molecule has 150 valence electrons. The number of carbonyl (C=O) groups excluding carboxylic acids is 1. The van der Waals surface area contributed by atoms with Crippen molar-refractivity contribution in [2.75, 3.05) is 29.9 Å².